The average Bonchev–Trinajstić information content (AvgIpc) is 3.01. The number of nitrogens with zero attached hydrogens (tertiary/aromatic N) is 4. The Kier molecular flexibility index (Phi) is 5.85. The fourth-order valence-electron chi connectivity index (χ4n) is 2.11. The fourth-order valence-corrected chi connectivity index (χ4v) is 2.41. The van der Waals surface area contributed by atoms with Gasteiger partial charge in [0, 0.05) is 32.3 Å². The van der Waals surface area contributed by atoms with E-state index in [1.165, 1.54) is 0 Å². The Bertz CT molecular complexity index is 650. The molecule has 8 heteroatoms. The van der Waals surface area contributed by atoms with E-state index in [9.17, 15) is 4.79 Å². The Hall–Kier alpha value is -1.53. The first-order chi connectivity index (χ1) is 10.5. The summed E-state index contributed by atoms with van der Waals surface area (Å²) in [5.41, 5.74) is 1.79. The van der Waals surface area contributed by atoms with E-state index in [2.05, 4.69) is 15.5 Å². The van der Waals surface area contributed by atoms with Gasteiger partial charge in [-0.25, -0.2) is 0 Å². The molecule has 0 spiro atoms. The van der Waals surface area contributed by atoms with Crippen LogP contribution < -0.4 is 5.32 Å². The second-order valence-electron chi connectivity index (χ2n) is 5.08. The third-order valence-electron chi connectivity index (χ3n) is 3.33. The number of rotatable bonds is 7. The van der Waals surface area contributed by atoms with Gasteiger partial charge in [-0.15, -0.1) is 0 Å². The fraction of sp³-hybridized carbons (Fsp3) is 0.500. The van der Waals surface area contributed by atoms with E-state index in [1.54, 1.807) is 17.1 Å². The number of aromatic nitrogens is 4. The van der Waals surface area contributed by atoms with Crippen LogP contribution in [0.4, 0.5) is 0 Å². The number of hydrogen-bond donors (Lipinski definition) is 1. The Balaban J connectivity index is 1.65. The van der Waals surface area contributed by atoms with Crippen LogP contribution in [0, 0.1) is 13.8 Å². The van der Waals surface area contributed by atoms with Crippen molar-refractivity contribution in [2.45, 2.75) is 39.8 Å². The van der Waals surface area contributed by atoms with Gasteiger partial charge in [0.2, 0.25) is 5.91 Å². The van der Waals surface area contributed by atoms with Crippen molar-refractivity contribution >= 4 is 29.1 Å². The summed E-state index contributed by atoms with van der Waals surface area (Å²) < 4.78 is 3.52. The molecule has 0 aliphatic rings. The van der Waals surface area contributed by atoms with Crippen LogP contribution in [0.2, 0.25) is 10.0 Å². The SMILES string of the molecule is Cc1nn(CCCNC(=O)CCn2cc(Cl)cn2)c(C)c1Cl. The summed E-state index contributed by atoms with van der Waals surface area (Å²) in [5.74, 6) is -0.00183. The van der Waals surface area contributed by atoms with Gasteiger partial charge in [-0.3, -0.25) is 14.2 Å². The number of aryl methyl sites for hydroxylation is 3. The summed E-state index contributed by atoms with van der Waals surface area (Å²) in [6, 6.07) is 0. The van der Waals surface area contributed by atoms with Crippen molar-refractivity contribution in [2.75, 3.05) is 6.54 Å². The van der Waals surface area contributed by atoms with Crippen molar-refractivity contribution < 1.29 is 4.79 Å². The standard InChI is InChI=1S/C14H19Cl2N5O/c1-10-14(16)11(2)21(19-10)6-3-5-17-13(22)4-7-20-9-12(15)8-18-20/h8-9H,3-7H2,1-2H3,(H,17,22). The van der Waals surface area contributed by atoms with Gasteiger partial charge < -0.3 is 5.32 Å². The van der Waals surface area contributed by atoms with Crippen LogP contribution in [0.15, 0.2) is 12.4 Å². The van der Waals surface area contributed by atoms with Crippen LogP contribution >= 0.6 is 23.2 Å². The van der Waals surface area contributed by atoms with Gasteiger partial charge in [-0.05, 0) is 20.3 Å². The zero-order valence-electron chi connectivity index (χ0n) is 12.6. The van der Waals surface area contributed by atoms with E-state index in [0.29, 0.717) is 29.6 Å². The third-order valence-corrected chi connectivity index (χ3v) is 4.07. The second-order valence-corrected chi connectivity index (χ2v) is 5.90. The van der Waals surface area contributed by atoms with Gasteiger partial charge in [0.25, 0.3) is 0 Å². The second kappa shape index (κ2) is 7.65. The van der Waals surface area contributed by atoms with E-state index >= 15 is 0 Å². The van der Waals surface area contributed by atoms with Crippen LogP contribution in [0.1, 0.15) is 24.2 Å². The molecule has 0 aromatic carbocycles. The lowest BCUT2D eigenvalue weighted by Gasteiger charge is -2.07. The predicted molar refractivity (Wildman–Crippen MR) is 86.2 cm³/mol. The molecule has 0 saturated carbocycles. The maximum Gasteiger partial charge on any atom is 0.221 e. The van der Waals surface area contributed by atoms with Crippen molar-refractivity contribution in [3.05, 3.63) is 33.8 Å². The molecule has 0 atom stereocenters. The van der Waals surface area contributed by atoms with Crippen molar-refractivity contribution in [1.82, 2.24) is 24.9 Å². The summed E-state index contributed by atoms with van der Waals surface area (Å²) in [7, 11) is 0. The number of carbonyl (C=O) groups excluding carboxylic acids is 1. The van der Waals surface area contributed by atoms with Gasteiger partial charge >= 0.3 is 0 Å². The maximum absolute atomic E-state index is 11.7. The summed E-state index contributed by atoms with van der Waals surface area (Å²) in [4.78, 5) is 11.7. The molecule has 6 nitrogen and oxygen atoms in total. The molecule has 2 aromatic rings. The highest BCUT2D eigenvalue weighted by molar-refractivity contribution is 6.31. The van der Waals surface area contributed by atoms with Crippen LogP contribution in [0.3, 0.4) is 0 Å². The number of amides is 1. The lowest BCUT2D eigenvalue weighted by molar-refractivity contribution is -0.121. The van der Waals surface area contributed by atoms with Gasteiger partial charge in [-0.2, -0.15) is 10.2 Å². The third kappa shape index (κ3) is 4.48. The molecule has 2 rings (SSSR count). The Morgan fingerprint density at radius 1 is 1.32 bits per heavy atom. The maximum atomic E-state index is 11.7. The van der Waals surface area contributed by atoms with Crippen LogP contribution in [-0.4, -0.2) is 32.0 Å². The molecule has 0 saturated heterocycles. The topological polar surface area (TPSA) is 64.7 Å². The van der Waals surface area contributed by atoms with Gasteiger partial charge in [0.05, 0.1) is 27.6 Å². The van der Waals surface area contributed by atoms with Crippen molar-refractivity contribution in [3.8, 4) is 0 Å². The number of carbonyl (C=O) groups is 1. The molecule has 0 radical (unpaired) electrons. The first-order valence-corrected chi connectivity index (χ1v) is 7.87. The summed E-state index contributed by atoms with van der Waals surface area (Å²) in [6.45, 7) is 5.68. The van der Waals surface area contributed by atoms with E-state index in [1.807, 2.05) is 18.5 Å². The Morgan fingerprint density at radius 2 is 2.09 bits per heavy atom. The lowest BCUT2D eigenvalue weighted by Crippen LogP contribution is -2.26. The normalized spacial score (nSPS) is 10.9. The minimum atomic E-state index is -0.00183. The molecule has 2 heterocycles. The largest absolute Gasteiger partial charge is 0.356 e. The molecular weight excluding hydrogens is 325 g/mol. The monoisotopic (exact) mass is 343 g/mol. The molecule has 120 valence electrons. The molecule has 0 fully saturated rings. The number of halogens is 2. The molecule has 1 N–H and O–H groups in total. The van der Waals surface area contributed by atoms with Gasteiger partial charge in [-0.1, -0.05) is 23.2 Å². The molecule has 22 heavy (non-hydrogen) atoms. The molecule has 0 bridgehead atoms. The summed E-state index contributed by atoms with van der Waals surface area (Å²) in [6.07, 6.45) is 4.43. The minimum Gasteiger partial charge on any atom is -0.356 e. The molecular formula is C14H19Cl2N5O. The van der Waals surface area contributed by atoms with Crippen LogP contribution in [0.25, 0.3) is 0 Å². The molecule has 1 amide bonds. The lowest BCUT2D eigenvalue weighted by atomic mass is 10.3. The molecule has 0 unspecified atom stereocenters. The van der Waals surface area contributed by atoms with Crippen molar-refractivity contribution in [2.24, 2.45) is 0 Å². The van der Waals surface area contributed by atoms with Gasteiger partial charge in [0.1, 0.15) is 0 Å². The zero-order chi connectivity index (χ0) is 16.1. The van der Waals surface area contributed by atoms with Crippen LogP contribution in [-0.2, 0) is 17.9 Å². The highest BCUT2D eigenvalue weighted by Gasteiger charge is 2.08. The molecule has 0 aliphatic carbocycles. The smallest absolute Gasteiger partial charge is 0.221 e. The van der Waals surface area contributed by atoms with E-state index in [4.69, 9.17) is 23.2 Å². The summed E-state index contributed by atoms with van der Waals surface area (Å²) >= 11 is 11.9. The van der Waals surface area contributed by atoms with E-state index in [-0.39, 0.29) is 5.91 Å². The van der Waals surface area contributed by atoms with E-state index < -0.39 is 0 Å². The Labute approximate surface area is 139 Å². The first-order valence-electron chi connectivity index (χ1n) is 7.11. The van der Waals surface area contributed by atoms with E-state index in [0.717, 1.165) is 24.4 Å². The van der Waals surface area contributed by atoms with Gasteiger partial charge in [0.15, 0.2) is 0 Å². The first kappa shape index (κ1) is 16.8. The van der Waals surface area contributed by atoms with Crippen molar-refractivity contribution in [3.63, 3.8) is 0 Å². The Morgan fingerprint density at radius 3 is 2.68 bits per heavy atom. The highest BCUT2D eigenvalue weighted by Crippen LogP contribution is 2.18. The van der Waals surface area contributed by atoms with Crippen LogP contribution in [0.5, 0.6) is 0 Å². The summed E-state index contributed by atoms with van der Waals surface area (Å²) in [5, 5.41) is 12.5. The average molecular weight is 344 g/mol. The quantitative estimate of drug-likeness (QED) is 0.786. The minimum absolute atomic E-state index is 0.00183. The molecule has 2 aromatic heterocycles. The zero-order valence-corrected chi connectivity index (χ0v) is 14.2. The van der Waals surface area contributed by atoms with Crippen molar-refractivity contribution in [1.29, 1.82) is 0 Å². The predicted octanol–water partition coefficient (Wildman–Crippen LogP) is 2.60. The molecule has 0 aliphatic heterocycles. The highest BCUT2D eigenvalue weighted by atomic mass is 35.5. The number of nitrogens with one attached hydrogen (secondary N) is 1. The number of hydrogen-bond acceptors (Lipinski definition) is 3.